The zero-order chi connectivity index (χ0) is 16.9. The van der Waals surface area contributed by atoms with Crippen LogP contribution < -0.4 is 10.6 Å². The molecule has 0 bridgehead atoms. The Kier molecular flexibility index (Phi) is 5.13. The van der Waals surface area contributed by atoms with Crippen molar-refractivity contribution in [2.24, 2.45) is 0 Å². The summed E-state index contributed by atoms with van der Waals surface area (Å²) in [6, 6.07) is 13.2. The minimum absolute atomic E-state index is 0.408. The summed E-state index contributed by atoms with van der Waals surface area (Å²) >= 11 is 12.1. The highest BCUT2D eigenvalue weighted by atomic mass is 35.5. The Labute approximate surface area is 150 Å². The summed E-state index contributed by atoms with van der Waals surface area (Å²) in [5, 5.41) is 15.4. The van der Waals surface area contributed by atoms with Gasteiger partial charge in [-0.15, -0.1) is 5.10 Å². The lowest BCUT2D eigenvalue weighted by atomic mass is 10.1. The van der Waals surface area contributed by atoms with Crippen LogP contribution in [0.4, 0.5) is 23.1 Å². The lowest BCUT2D eigenvalue weighted by molar-refractivity contribution is 0.980. The molecule has 7 heteroatoms. The molecule has 1 aromatic heterocycles. The van der Waals surface area contributed by atoms with E-state index in [0.29, 0.717) is 27.5 Å². The molecule has 0 aliphatic heterocycles. The minimum atomic E-state index is 0.408. The van der Waals surface area contributed by atoms with Crippen molar-refractivity contribution in [3.63, 3.8) is 0 Å². The van der Waals surface area contributed by atoms with Crippen LogP contribution in [0, 0.1) is 0 Å². The van der Waals surface area contributed by atoms with Gasteiger partial charge in [0.25, 0.3) is 0 Å². The Bertz CT molecular complexity index is 854. The van der Waals surface area contributed by atoms with Crippen LogP contribution in [0.15, 0.2) is 48.7 Å². The largest absolute Gasteiger partial charge is 0.338 e. The molecule has 24 heavy (non-hydrogen) atoms. The normalized spacial score (nSPS) is 10.5. The van der Waals surface area contributed by atoms with E-state index in [4.69, 9.17) is 23.2 Å². The first-order valence-electron chi connectivity index (χ1n) is 7.42. The first-order valence-corrected chi connectivity index (χ1v) is 8.18. The van der Waals surface area contributed by atoms with Gasteiger partial charge in [-0.05, 0) is 36.2 Å². The summed E-state index contributed by atoms with van der Waals surface area (Å²) in [7, 11) is 0. The third-order valence-corrected chi connectivity index (χ3v) is 3.95. The standard InChI is InChI=1S/C17H15Cl2N5/c1-2-11-5-3-4-6-14(11)22-17-23-16(10-20-24-17)21-15-8-7-12(18)9-13(15)19/h3-10H,2H2,1H3,(H2,21,22,23,24). The highest BCUT2D eigenvalue weighted by Crippen LogP contribution is 2.28. The van der Waals surface area contributed by atoms with Gasteiger partial charge in [0.05, 0.1) is 16.9 Å². The number of benzene rings is 2. The number of anilines is 4. The molecule has 0 radical (unpaired) electrons. The Morgan fingerprint density at radius 2 is 1.83 bits per heavy atom. The third kappa shape index (κ3) is 3.93. The van der Waals surface area contributed by atoms with Gasteiger partial charge < -0.3 is 10.6 Å². The van der Waals surface area contributed by atoms with E-state index < -0.39 is 0 Å². The predicted octanol–water partition coefficient (Wildman–Crippen LogP) is 5.23. The van der Waals surface area contributed by atoms with Crippen LogP contribution in [0.25, 0.3) is 0 Å². The molecule has 0 fully saturated rings. The molecule has 0 unspecified atom stereocenters. The Morgan fingerprint density at radius 3 is 2.62 bits per heavy atom. The van der Waals surface area contributed by atoms with Crippen molar-refractivity contribution >= 4 is 46.3 Å². The van der Waals surface area contributed by atoms with Gasteiger partial charge in [-0.25, -0.2) is 0 Å². The van der Waals surface area contributed by atoms with Gasteiger partial charge in [0.2, 0.25) is 5.95 Å². The molecule has 122 valence electrons. The van der Waals surface area contributed by atoms with E-state index in [0.717, 1.165) is 12.1 Å². The number of nitrogens with zero attached hydrogens (tertiary/aromatic N) is 3. The molecular weight excluding hydrogens is 345 g/mol. The summed E-state index contributed by atoms with van der Waals surface area (Å²) in [6.07, 6.45) is 2.44. The van der Waals surface area contributed by atoms with Gasteiger partial charge in [0.1, 0.15) is 0 Å². The molecule has 2 aromatic carbocycles. The average molecular weight is 360 g/mol. The van der Waals surface area contributed by atoms with Gasteiger partial charge in [-0.3, -0.25) is 0 Å². The molecular formula is C17H15Cl2N5. The maximum atomic E-state index is 6.16. The second-order valence-corrected chi connectivity index (χ2v) is 5.89. The molecule has 0 amide bonds. The van der Waals surface area contributed by atoms with E-state index in [1.807, 2.05) is 18.2 Å². The molecule has 0 aliphatic rings. The van der Waals surface area contributed by atoms with Crippen LogP contribution >= 0.6 is 23.2 Å². The zero-order valence-electron chi connectivity index (χ0n) is 12.9. The highest BCUT2D eigenvalue weighted by Gasteiger charge is 2.06. The van der Waals surface area contributed by atoms with Crippen LogP contribution in [-0.2, 0) is 6.42 Å². The van der Waals surface area contributed by atoms with Crippen LogP contribution in [0.2, 0.25) is 10.0 Å². The van der Waals surface area contributed by atoms with E-state index in [1.165, 1.54) is 11.8 Å². The highest BCUT2D eigenvalue weighted by molar-refractivity contribution is 6.36. The fourth-order valence-electron chi connectivity index (χ4n) is 2.22. The van der Waals surface area contributed by atoms with Crippen molar-refractivity contribution in [3.05, 3.63) is 64.3 Å². The van der Waals surface area contributed by atoms with Gasteiger partial charge in [-0.2, -0.15) is 10.1 Å². The maximum Gasteiger partial charge on any atom is 0.249 e. The van der Waals surface area contributed by atoms with E-state index in [2.05, 4.69) is 38.8 Å². The fraction of sp³-hybridized carbons (Fsp3) is 0.118. The summed E-state index contributed by atoms with van der Waals surface area (Å²) in [5.41, 5.74) is 2.84. The minimum Gasteiger partial charge on any atom is -0.338 e. The fourth-order valence-corrected chi connectivity index (χ4v) is 2.67. The van der Waals surface area contributed by atoms with Crippen molar-refractivity contribution in [2.75, 3.05) is 10.6 Å². The average Bonchev–Trinajstić information content (AvgIpc) is 2.58. The molecule has 0 atom stereocenters. The van der Waals surface area contributed by atoms with Crippen molar-refractivity contribution in [3.8, 4) is 0 Å². The Hall–Kier alpha value is -2.37. The van der Waals surface area contributed by atoms with Crippen LogP contribution in [0.1, 0.15) is 12.5 Å². The van der Waals surface area contributed by atoms with Gasteiger partial charge >= 0.3 is 0 Å². The lowest BCUT2D eigenvalue weighted by Crippen LogP contribution is -2.04. The molecule has 0 spiro atoms. The SMILES string of the molecule is CCc1ccccc1Nc1nncc(Nc2ccc(Cl)cc2Cl)n1. The van der Waals surface area contributed by atoms with Gasteiger partial charge in [0.15, 0.2) is 5.82 Å². The number of aryl methyl sites for hydroxylation is 1. The smallest absolute Gasteiger partial charge is 0.249 e. The van der Waals surface area contributed by atoms with Crippen LogP contribution in [0.5, 0.6) is 0 Å². The molecule has 1 heterocycles. The van der Waals surface area contributed by atoms with Crippen molar-refractivity contribution in [1.82, 2.24) is 15.2 Å². The van der Waals surface area contributed by atoms with Crippen molar-refractivity contribution < 1.29 is 0 Å². The van der Waals surface area contributed by atoms with E-state index in [-0.39, 0.29) is 0 Å². The summed E-state index contributed by atoms with van der Waals surface area (Å²) < 4.78 is 0. The molecule has 2 N–H and O–H groups in total. The summed E-state index contributed by atoms with van der Waals surface area (Å²) in [6.45, 7) is 2.10. The molecule has 5 nitrogen and oxygen atoms in total. The van der Waals surface area contributed by atoms with Crippen LogP contribution in [-0.4, -0.2) is 15.2 Å². The monoisotopic (exact) mass is 359 g/mol. The topological polar surface area (TPSA) is 62.7 Å². The first-order chi connectivity index (χ1) is 11.7. The summed E-state index contributed by atoms with van der Waals surface area (Å²) in [5.74, 6) is 0.941. The second-order valence-electron chi connectivity index (χ2n) is 5.05. The number of halogens is 2. The van der Waals surface area contributed by atoms with Gasteiger partial charge in [-0.1, -0.05) is 48.3 Å². The third-order valence-electron chi connectivity index (χ3n) is 3.40. The Morgan fingerprint density at radius 1 is 1.00 bits per heavy atom. The number of nitrogens with one attached hydrogen (secondary N) is 2. The molecule has 0 saturated carbocycles. The first kappa shape index (κ1) is 16.5. The molecule has 3 rings (SSSR count). The zero-order valence-corrected chi connectivity index (χ0v) is 14.4. The van der Waals surface area contributed by atoms with E-state index in [1.54, 1.807) is 18.2 Å². The van der Waals surface area contributed by atoms with E-state index >= 15 is 0 Å². The van der Waals surface area contributed by atoms with E-state index in [9.17, 15) is 0 Å². The van der Waals surface area contributed by atoms with Crippen molar-refractivity contribution in [1.29, 1.82) is 0 Å². The summed E-state index contributed by atoms with van der Waals surface area (Å²) in [4.78, 5) is 4.41. The number of hydrogen-bond acceptors (Lipinski definition) is 5. The van der Waals surface area contributed by atoms with Crippen LogP contribution in [0.3, 0.4) is 0 Å². The number of hydrogen-bond donors (Lipinski definition) is 2. The lowest BCUT2D eigenvalue weighted by Gasteiger charge is -2.11. The van der Waals surface area contributed by atoms with Crippen molar-refractivity contribution in [2.45, 2.75) is 13.3 Å². The molecule has 0 aliphatic carbocycles. The predicted molar refractivity (Wildman–Crippen MR) is 98.7 cm³/mol. The number of rotatable bonds is 5. The second kappa shape index (κ2) is 7.47. The number of para-hydroxylation sites is 1. The maximum absolute atomic E-state index is 6.16. The Balaban J connectivity index is 1.81. The molecule has 3 aromatic rings. The van der Waals surface area contributed by atoms with Gasteiger partial charge in [0, 0.05) is 10.7 Å². The number of aromatic nitrogens is 3. The molecule has 0 saturated heterocycles. The quantitative estimate of drug-likeness (QED) is 0.653.